The Bertz CT molecular complexity index is 877. The number of rotatable bonds is 7. The molecule has 4 rings (SSSR count). The van der Waals surface area contributed by atoms with Crippen molar-refractivity contribution in [1.29, 1.82) is 10.8 Å². The van der Waals surface area contributed by atoms with E-state index in [0.717, 1.165) is 43.8 Å². The number of piperidine rings is 1. The Morgan fingerprint density at radius 1 is 1.18 bits per heavy atom. The molecular formula is C23H30N4O. The van der Waals surface area contributed by atoms with Crippen LogP contribution in [-0.4, -0.2) is 35.5 Å². The van der Waals surface area contributed by atoms with Crippen molar-refractivity contribution in [1.82, 2.24) is 9.47 Å². The lowest BCUT2D eigenvalue weighted by Crippen LogP contribution is -2.41. The molecule has 0 atom stereocenters. The number of ether oxygens (including phenoxy) is 1. The number of aromatic nitrogens is 1. The van der Waals surface area contributed by atoms with E-state index in [4.69, 9.17) is 15.6 Å². The Morgan fingerprint density at radius 2 is 1.89 bits per heavy atom. The number of pyridine rings is 1. The fourth-order valence-electron chi connectivity index (χ4n) is 3.99. The summed E-state index contributed by atoms with van der Waals surface area (Å²) in [5, 5.41) is 15.6. The van der Waals surface area contributed by atoms with Gasteiger partial charge in [0.15, 0.2) is 0 Å². The smallest absolute Gasteiger partial charge is 0.133 e. The molecule has 5 nitrogen and oxygen atoms in total. The number of nitrogens with one attached hydrogen (secondary N) is 2. The molecule has 2 aliphatic rings. The average molecular weight is 379 g/mol. The average Bonchev–Trinajstić information content (AvgIpc) is 3.54. The van der Waals surface area contributed by atoms with Crippen LogP contribution in [0.3, 0.4) is 0 Å². The Labute approximate surface area is 167 Å². The Kier molecular flexibility index (Phi) is 5.36. The van der Waals surface area contributed by atoms with Crippen LogP contribution in [0, 0.1) is 16.2 Å². The van der Waals surface area contributed by atoms with Crippen LogP contribution in [0.2, 0.25) is 0 Å². The summed E-state index contributed by atoms with van der Waals surface area (Å²) in [6.45, 7) is 6.23. The molecule has 2 aromatic rings. The summed E-state index contributed by atoms with van der Waals surface area (Å²) in [5.41, 5.74) is 3.01. The monoisotopic (exact) mass is 378 g/mol. The van der Waals surface area contributed by atoms with E-state index in [9.17, 15) is 0 Å². The van der Waals surface area contributed by atoms with Crippen molar-refractivity contribution in [2.24, 2.45) is 5.41 Å². The summed E-state index contributed by atoms with van der Waals surface area (Å²) in [6, 6.07) is 12.5. The van der Waals surface area contributed by atoms with Gasteiger partial charge in [-0.25, -0.2) is 0 Å². The Hall–Kier alpha value is -2.40. The summed E-state index contributed by atoms with van der Waals surface area (Å²) in [4.78, 5) is 2.53. The highest BCUT2D eigenvalue weighted by molar-refractivity contribution is 5.55. The molecule has 1 aromatic heterocycles. The van der Waals surface area contributed by atoms with Gasteiger partial charge in [-0.3, -0.25) is 20.3 Å². The van der Waals surface area contributed by atoms with E-state index in [1.165, 1.54) is 24.7 Å². The van der Waals surface area contributed by atoms with Gasteiger partial charge in [-0.15, -0.1) is 0 Å². The normalized spacial score (nSPS) is 19.3. The maximum absolute atomic E-state index is 8.10. The molecule has 0 unspecified atom stereocenters. The first-order chi connectivity index (χ1) is 13.6. The third kappa shape index (κ3) is 4.36. The predicted octanol–water partition coefficient (Wildman–Crippen LogP) is 3.98. The van der Waals surface area contributed by atoms with Crippen LogP contribution in [0.4, 0.5) is 0 Å². The largest absolute Gasteiger partial charge is 0.493 e. The molecule has 2 N–H and O–H groups in total. The van der Waals surface area contributed by atoms with Crippen LogP contribution in [-0.2, 0) is 6.54 Å². The lowest BCUT2D eigenvalue weighted by atomic mass is 9.81. The van der Waals surface area contributed by atoms with E-state index >= 15 is 0 Å². The zero-order valence-electron chi connectivity index (χ0n) is 16.7. The van der Waals surface area contributed by atoms with Crippen molar-refractivity contribution in [3.63, 3.8) is 0 Å². The molecule has 1 aromatic carbocycles. The number of benzene rings is 1. The third-order valence-corrected chi connectivity index (χ3v) is 6.15. The second-order valence-electron chi connectivity index (χ2n) is 8.65. The van der Waals surface area contributed by atoms with E-state index < -0.39 is 0 Å². The minimum Gasteiger partial charge on any atom is -0.493 e. The molecule has 0 amide bonds. The summed E-state index contributed by atoms with van der Waals surface area (Å²) >= 11 is 0. The summed E-state index contributed by atoms with van der Waals surface area (Å²) in [7, 11) is 0. The van der Waals surface area contributed by atoms with Crippen LogP contribution >= 0.6 is 0 Å². The number of hydrogen-bond donors (Lipinski definition) is 2. The molecular weight excluding hydrogens is 348 g/mol. The molecule has 1 saturated carbocycles. The Morgan fingerprint density at radius 3 is 2.54 bits per heavy atom. The maximum Gasteiger partial charge on any atom is 0.133 e. The standard InChI is InChI=1S/C23H30N4O/c1-23(9-11-26(12-10-23)14-18-5-3-2-4-6-18)16-28-21-13-22(25)27(17-24)15-20(21)19-7-8-19/h2-6,13,15,17,19,24-25H,7-12,14,16H2,1H3. The molecule has 0 bridgehead atoms. The summed E-state index contributed by atoms with van der Waals surface area (Å²) in [5.74, 6) is 1.38. The third-order valence-electron chi connectivity index (χ3n) is 6.15. The second kappa shape index (κ2) is 7.92. The van der Waals surface area contributed by atoms with Gasteiger partial charge >= 0.3 is 0 Å². The quantitative estimate of drug-likeness (QED) is 0.565. The highest BCUT2D eigenvalue weighted by Gasteiger charge is 2.32. The van der Waals surface area contributed by atoms with Crippen molar-refractivity contribution < 1.29 is 4.74 Å². The predicted molar refractivity (Wildman–Crippen MR) is 111 cm³/mol. The van der Waals surface area contributed by atoms with Gasteiger partial charge in [0.1, 0.15) is 11.2 Å². The van der Waals surface area contributed by atoms with Gasteiger partial charge in [0, 0.05) is 29.8 Å². The van der Waals surface area contributed by atoms with Crippen LogP contribution < -0.4 is 10.2 Å². The van der Waals surface area contributed by atoms with Crippen molar-refractivity contribution in [3.8, 4) is 5.75 Å². The fourth-order valence-corrected chi connectivity index (χ4v) is 3.99. The highest BCUT2D eigenvalue weighted by atomic mass is 16.5. The summed E-state index contributed by atoms with van der Waals surface area (Å²) in [6.07, 6.45) is 7.71. The van der Waals surface area contributed by atoms with Crippen molar-refractivity contribution in [2.75, 3.05) is 19.7 Å². The van der Waals surface area contributed by atoms with E-state index in [1.807, 2.05) is 6.20 Å². The van der Waals surface area contributed by atoms with Crippen LogP contribution in [0.25, 0.3) is 0 Å². The second-order valence-corrected chi connectivity index (χ2v) is 8.65. The van der Waals surface area contributed by atoms with Gasteiger partial charge < -0.3 is 4.74 Å². The van der Waals surface area contributed by atoms with E-state index in [-0.39, 0.29) is 5.41 Å². The molecule has 2 heterocycles. The molecule has 1 saturated heterocycles. The van der Waals surface area contributed by atoms with E-state index in [0.29, 0.717) is 18.0 Å². The SMILES string of the molecule is CC1(COc2cc(=N)n(C=N)cc2C2CC2)CCN(Cc2ccccc2)CC1. The lowest BCUT2D eigenvalue weighted by Gasteiger charge is -2.39. The highest BCUT2D eigenvalue weighted by Crippen LogP contribution is 2.44. The first kappa shape index (κ1) is 18.9. The minimum absolute atomic E-state index is 0.170. The van der Waals surface area contributed by atoms with Crippen LogP contribution in [0.5, 0.6) is 5.75 Å². The van der Waals surface area contributed by atoms with E-state index in [1.54, 1.807) is 10.6 Å². The molecule has 2 fully saturated rings. The maximum atomic E-state index is 8.10. The minimum atomic E-state index is 0.170. The topological polar surface area (TPSA) is 65.1 Å². The molecule has 5 heteroatoms. The summed E-state index contributed by atoms with van der Waals surface area (Å²) < 4.78 is 7.85. The molecule has 1 aliphatic carbocycles. The van der Waals surface area contributed by atoms with Crippen molar-refractivity contribution in [2.45, 2.75) is 45.1 Å². The first-order valence-corrected chi connectivity index (χ1v) is 10.3. The van der Waals surface area contributed by atoms with E-state index in [2.05, 4.69) is 42.2 Å². The van der Waals surface area contributed by atoms with Gasteiger partial charge in [0.05, 0.1) is 12.9 Å². The van der Waals surface area contributed by atoms with Gasteiger partial charge in [-0.1, -0.05) is 37.3 Å². The Balaban J connectivity index is 1.37. The molecule has 0 radical (unpaired) electrons. The van der Waals surface area contributed by atoms with Crippen LogP contribution in [0.15, 0.2) is 42.6 Å². The molecule has 1 aliphatic heterocycles. The fraction of sp³-hybridized carbons (Fsp3) is 0.478. The first-order valence-electron chi connectivity index (χ1n) is 10.3. The lowest BCUT2D eigenvalue weighted by molar-refractivity contribution is 0.0651. The zero-order chi connectivity index (χ0) is 19.6. The molecule has 148 valence electrons. The molecule has 0 spiro atoms. The number of likely N-dealkylation sites (tertiary alicyclic amines) is 1. The zero-order valence-corrected chi connectivity index (χ0v) is 16.7. The van der Waals surface area contributed by atoms with Gasteiger partial charge in [-0.05, 0) is 50.3 Å². The number of hydrogen-bond acceptors (Lipinski definition) is 4. The van der Waals surface area contributed by atoms with Gasteiger partial charge in [0.25, 0.3) is 0 Å². The van der Waals surface area contributed by atoms with Gasteiger partial charge in [-0.2, -0.15) is 0 Å². The van der Waals surface area contributed by atoms with Crippen molar-refractivity contribution >= 4 is 6.34 Å². The van der Waals surface area contributed by atoms with Gasteiger partial charge in [0.2, 0.25) is 0 Å². The van der Waals surface area contributed by atoms with Crippen molar-refractivity contribution in [3.05, 3.63) is 59.2 Å². The number of nitrogens with zero attached hydrogens (tertiary/aromatic N) is 2. The molecule has 28 heavy (non-hydrogen) atoms. The van der Waals surface area contributed by atoms with Crippen LogP contribution in [0.1, 0.15) is 49.7 Å².